The molecule has 0 radical (unpaired) electrons. The fraction of sp³-hybridized carbons (Fsp3) is 0.500. The highest BCUT2D eigenvalue weighted by Gasteiger charge is 2.32. The highest BCUT2D eigenvalue weighted by molar-refractivity contribution is 6.31. The van der Waals surface area contributed by atoms with Gasteiger partial charge in [-0.3, -0.25) is 14.7 Å². The monoisotopic (exact) mass is 269 g/mol. The Balaban J connectivity index is 2.24. The topological polar surface area (TPSA) is 56.7 Å². The lowest BCUT2D eigenvalue weighted by Gasteiger charge is -2.35. The number of rotatable bonds is 3. The summed E-state index contributed by atoms with van der Waals surface area (Å²) in [6, 6.07) is 2.62. The summed E-state index contributed by atoms with van der Waals surface area (Å²) < 4.78 is 0. The van der Waals surface area contributed by atoms with Crippen molar-refractivity contribution < 1.29 is 9.90 Å². The summed E-state index contributed by atoms with van der Waals surface area (Å²) in [5.41, 5.74) is 0.427. The quantitative estimate of drug-likeness (QED) is 0.891. The lowest BCUT2D eigenvalue weighted by molar-refractivity contribution is -0.144. The second-order valence-electron chi connectivity index (χ2n) is 4.45. The Kier molecular flexibility index (Phi) is 4.16. The van der Waals surface area contributed by atoms with Gasteiger partial charge in [0, 0.05) is 32.4 Å². The molecule has 1 fully saturated rings. The third-order valence-electron chi connectivity index (χ3n) is 3.18. The summed E-state index contributed by atoms with van der Waals surface area (Å²) in [5, 5.41) is 9.82. The normalized spacial score (nSPS) is 19.7. The molecule has 1 saturated heterocycles. The lowest BCUT2D eigenvalue weighted by atomic mass is 10.1. The van der Waals surface area contributed by atoms with Gasteiger partial charge in [-0.2, -0.15) is 0 Å². The van der Waals surface area contributed by atoms with E-state index in [2.05, 4.69) is 9.88 Å². The predicted molar refractivity (Wildman–Crippen MR) is 68.7 cm³/mol. The summed E-state index contributed by atoms with van der Waals surface area (Å²) in [6.45, 7) is 3.13. The molecular weight excluding hydrogens is 254 g/mol. The van der Waals surface area contributed by atoms with Crippen molar-refractivity contribution >= 4 is 17.6 Å². The van der Waals surface area contributed by atoms with E-state index in [1.54, 1.807) is 18.3 Å². The summed E-state index contributed by atoms with van der Waals surface area (Å²) in [6.07, 6.45) is 1.58. The number of carboxylic acid groups (broad SMARTS) is 1. The Bertz CT molecular complexity index is 433. The molecule has 0 saturated carbocycles. The second kappa shape index (κ2) is 5.65. The van der Waals surface area contributed by atoms with Gasteiger partial charge in [-0.05, 0) is 19.2 Å². The zero-order valence-corrected chi connectivity index (χ0v) is 11.0. The van der Waals surface area contributed by atoms with E-state index in [9.17, 15) is 9.90 Å². The minimum atomic E-state index is -0.903. The average molecular weight is 270 g/mol. The SMILES string of the molecule is CN1CCN(C(C(=O)O)c2ncccc2Cl)CC1. The first-order chi connectivity index (χ1) is 8.59. The van der Waals surface area contributed by atoms with Crippen molar-refractivity contribution in [2.24, 2.45) is 0 Å². The van der Waals surface area contributed by atoms with Crippen molar-refractivity contribution in [1.29, 1.82) is 0 Å². The Morgan fingerprint density at radius 2 is 2.11 bits per heavy atom. The van der Waals surface area contributed by atoms with Crippen LogP contribution in [0.15, 0.2) is 18.3 Å². The van der Waals surface area contributed by atoms with Crippen LogP contribution >= 0.6 is 11.6 Å². The largest absolute Gasteiger partial charge is 0.480 e. The number of aliphatic carboxylic acids is 1. The number of hydrogen-bond donors (Lipinski definition) is 1. The van der Waals surface area contributed by atoms with E-state index in [-0.39, 0.29) is 0 Å². The number of carbonyl (C=O) groups is 1. The van der Waals surface area contributed by atoms with Gasteiger partial charge in [-0.1, -0.05) is 11.6 Å². The first-order valence-electron chi connectivity index (χ1n) is 5.85. The Hall–Kier alpha value is -1.17. The van der Waals surface area contributed by atoms with Gasteiger partial charge < -0.3 is 10.0 Å². The highest BCUT2D eigenvalue weighted by Crippen LogP contribution is 2.26. The minimum Gasteiger partial charge on any atom is -0.480 e. The smallest absolute Gasteiger partial charge is 0.327 e. The van der Waals surface area contributed by atoms with Gasteiger partial charge in [0.2, 0.25) is 0 Å². The van der Waals surface area contributed by atoms with Crippen molar-refractivity contribution in [3.63, 3.8) is 0 Å². The van der Waals surface area contributed by atoms with Crippen molar-refractivity contribution in [3.8, 4) is 0 Å². The van der Waals surface area contributed by atoms with Crippen molar-refractivity contribution in [1.82, 2.24) is 14.8 Å². The fourth-order valence-corrected chi connectivity index (χ4v) is 2.35. The van der Waals surface area contributed by atoms with Crippen LogP contribution in [0.3, 0.4) is 0 Å². The van der Waals surface area contributed by atoms with Crippen LogP contribution in [-0.4, -0.2) is 59.1 Å². The molecule has 1 N–H and O–H groups in total. The van der Waals surface area contributed by atoms with Gasteiger partial charge in [-0.25, -0.2) is 0 Å². The van der Waals surface area contributed by atoms with Gasteiger partial charge >= 0.3 is 5.97 Å². The molecule has 5 nitrogen and oxygen atoms in total. The maximum atomic E-state index is 11.5. The number of pyridine rings is 1. The van der Waals surface area contributed by atoms with Gasteiger partial charge in [0.1, 0.15) is 0 Å². The van der Waals surface area contributed by atoms with E-state index in [0.29, 0.717) is 23.8 Å². The van der Waals surface area contributed by atoms with E-state index in [4.69, 9.17) is 11.6 Å². The molecule has 1 aliphatic heterocycles. The fourth-order valence-electron chi connectivity index (χ4n) is 2.13. The van der Waals surface area contributed by atoms with Crippen molar-refractivity contribution in [2.75, 3.05) is 33.2 Å². The third kappa shape index (κ3) is 2.80. The van der Waals surface area contributed by atoms with E-state index in [1.807, 2.05) is 11.9 Å². The maximum Gasteiger partial charge on any atom is 0.327 e. The molecule has 2 heterocycles. The predicted octanol–water partition coefficient (Wildman–Crippen LogP) is 1.11. The molecule has 18 heavy (non-hydrogen) atoms. The highest BCUT2D eigenvalue weighted by atomic mass is 35.5. The molecule has 1 unspecified atom stereocenters. The molecule has 1 aliphatic rings. The third-order valence-corrected chi connectivity index (χ3v) is 3.50. The van der Waals surface area contributed by atoms with Gasteiger partial charge in [0.15, 0.2) is 6.04 Å². The molecular formula is C12H16ClN3O2. The zero-order chi connectivity index (χ0) is 13.1. The Morgan fingerprint density at radius 1 is 1.44 bits per heavy atom. The van der Waals surface area contributed by atoms with Crippen LogP contribution in [0.1, 0.15) is 11.7 Å². The standard InChI is InChI=1S/C12H16ClN3O2/c1-15-5-7-16(8-6-15)11(12(17)18)10-9(13)3-2-4-14-10/h2-4,11H,5-8H2,1H3,(H,17,18). The van der Waals surface area contributed by atoms with Crippen LogP contribution in [0, 0.1) is 0 Å². The van der Waals surface area contributed by atoms with Crippen LogP contribution in [0.2, 0.25) is 5.02 Å². The van der Waals surface area contributed by atoms with Crippen LogP contribution < -0.4 is 0 Å². The number of halogens is 1. The lowest BCUT2D eigenvalue weighted by Crippen LogP contribution is -2.48. The molecule has 0 aliphatic carbocycles. The van der Waals surface area contributed by atoms with Crippen LogP contribution in [0.4, 0.5) is 0 Å². The number of nitrogens with zero attached hydrogens (tertiary/aromatic N) is 3. The first kappa shape index (κ1) is 13.3. The van der Waals surface area contributed by atoms with E-state index < -0.39 is 12.0 Å². The molecule has 1 aromatic rings. The molecule has 0 amide bonds. The summed E-state index contributed by atoms with van der Waals surface area (Å²) in [7, 11) is 2.03. The van der Waals surface area contributed by atoms with E-state index in [0.717, 1.165) is 13.1 Å². The van der Waals surface area contributed by atoms with Crippen LogP contribution in [0.25, 0.3) is 0 Å². The first-order valence-corrected chi connectivity index (χ1v) is 6.23. The van der Waals surface area contributed by atoms with Gasteiger partial charge in [-0.15, -0.1) is 0 Å². The Labute approximate surface area is 111 Å². The van der Waals surface area contributed by atoms with Gasteiger partial charge in [0.25, 0.3) is 0 Å². The number of piperazine rings is 1. The molecule has 98 valence electrons. The molecule has 2 rings (SSSR count). The molecule has 0 spiro atoms. The molecule has 1 aromatic heterocycles. The number of hydrogen-bond acceptors (Lipinski definition) is 4. The zero-order valence-electron chi connectivity index (χ0n) is 10.2. The molecule has 0 bridgehead atoms. The van der Waals surface area contributed by atoms with Crippen molar-refractivity contribution in [3.05, 3.63) is 29.0 Å². The minimum absolute atomic E-state index is 0.406. The van der Waals surface area contributed by atoms with Gasteiger partial charge in [0.05, 0.1) is 10.7 Å². The number of carboxylic acids is 1. The average Bonchev–Trinajstić information content (AvgIpc) is 2.34. The van der Waals surface area contributed by atoms with E-state index in [1.165, 1.54) is 0 Å². The second-order valence-corrected chi connectivity index (χ2v) is 4.86. The molecule has 0 aromatic carbocycles. The molecule has 6 heteroatoms. The summed E-state index contributed by atoms with van der Waals surface area (Å²) >= 11 is 6.05. The van der Waals surface area contributed by atoms with Crippen LogP contribution in [0.5, 0.6) is 0 Å². The summed E-state index contributed by atoms with van der Waals surface area (Å²) in [5.74, 6) is -0.903. The van der Waals surface area contributed by atoms with E-state index >= 15 is 0 Å². The van der Waals surface area contributed by atoms with Crippen molar-refractivity contribution in [2.45, 2.75) is 6.04 Å². The molecule has 1 atom stereocenters. The number of aromatic nitrogens is 1. The summed E-state index contributed by atoms with van der Waals surface area (Å²) in [4.78, 5) is 19.7. The number of likely N-dealkylation sites (N-methyl/N-ethyl adjacent to an activating group) is 1. The Morgan fingerprint density at radius 3 is 2.67 bits per heavy atom. The van der Waals surface area contributed by atoms with Crippen LogP contribution in [-0.2, 0) is 4.79 Å². The maximum absolute atomic E-state index is 11.5.